The van der Waals surface area contributed by atoms with E-state index in [0.717, 1.165) is 31.7 Å². The maximum absolute atomic E-state index is 13.1. The third-order valence-electron chi connectivity index (χ3n) is 6.80. The van der Waals surface area contributed by atoms with E-state index in [9.17, 15) is 9.59 Å². The first-order chi connectivity index (χ1) is 13.6. The Balaban J connectivity index is 1.37. The van der Waals surface area contributed by atoms with Gasteiger partial charge in [-0.3, -0.25) is 9.59 Å². The Morgan fingerprint density at radius 2 is 1.79 bits per heavy atom. The van der Waals surface area contributed by atoms with Gasteiger partial charge in [0.05, 0.1) is 12.7 Å². The molecule has 4 rings (SSSR count). The van der Waals surface area contributed by atoms with Crippen molar-refractivity contribution in [2.24, 2.45) is 11.8 Å². The topological polar surface area (TPSA) is 49.9 Å². The first kappa shape index (κ1) is 19.6. The van der Waals surface area contributed by atoms with Crippen LogP contribution < -0.4 is 4.74 Å². The van der Waals surface area contributed by atoms with Crippen LogP contribution in [-0.4, -0.2) is 54.4 Å². The van der Waals surface area contributed by atoms with Crippen LogP contribution >= 0.6 is 11.6 Å². The van der Waals surface area contributed by atoms with Crippen LogP contribution in [0.2, 0.25) is 5.02 Å². The summed E-state index contributed by atoms with van der Waals surface area (Å²) >= 11 is 6.07. The lowest BCUT2D eigenvalue weighted by atomic mass is 9.78. The third kappa shape index (κ3) is 3.73. The van der Waals surface area contributed by atoms with Gasteiger partial charge in [0.15, 0.2) is 0 Å². The number of piperidine rings is 1. The molecule has 1 aliphatic carbocycles. The Morgan fingerprint density at radius 3 is 2.43 bits per heavy atom. The van der Waals surface area contributed by atoms with E-state index in [2.05, 4.69) is 4.90 Å². The molecule has 3 aliphatic rings. The van der Waals surface area contributed by atoms with Crippen LogP contribution in [0, 0.1) is 11.8 Å². The van der Waals surface area contributed by atoms with Crippen molar-refractivity contribution in [2.75, 3.05) is 26.7 Å². The fraction of sp³-hybridized carbons (Fsp3) is 0.636. The Kier molecular flexibility index (Phi) is 5.81. The van der Waals surface area contributed by atoms with Crippen molar-refractivity contribution in [3.63, 3.8) is 0 Å². The second-order valence-electron chi connectivity index (χ2n) is 8.34. The highest BCUT2D eigenvalue weighted by Crippen LogP contribution is 2.38. The molecule has 1 aromatic carbocycles. The second kappa shape index (κ2) is 8.32. The molecule has 0 radical (unpaired) electrons. The molecule has 6 heteroatoms. The minimum Gasteiger partial charge on any atom is -0.496 e. The molecule has 0 N–H and O–H groups in total. The van der Waals surface area contributed by atoms with E-state index < -0.39 is 0 Å². The minimum atomic E-state index is -0.0706. The minimum absolute atomic E-state index is 0.0472. The molecular formula is C22H29ClN2O3. The summed E-state index contributed by atoms with van der Waals surface area (Å²) in [5.74, 6) is 1.56. The summed E-state index contributed by atoms with van der Waals surface area (Å²) in [4.78, 5) is 30.1. The zero-order valence-electron chi connectivity index (χ0n) is 16.5. The van der Waals surface area contributed by atoms with E-state index in [0.29, 0.717) is 41.4 Å². The lowest BCUT2D eigenvalue weighted by Gasteiger charge is -2.40. The number of hydrogen-bond donors (Lipinski definition) is 0. The molecule has 2 aliphatic heterocycles. The van der Waals surface area contributed by atoms with Crippen LogP contribution in [-0.2, 0) is 4.79 Å². The van der Waals surface area contributed by atoms with Crippen molar-refractivity contribution >= 4 is 23.4 Å². The number of hydrogen-bond acceptors (Lipinski definition) is 3. The molecule has 28 heavy (non-hydrogen) atoms. The number of amides is 2. The Labute approximate surface area is 172 Å². The van der Waals surface area contributed by atoms with Crippen molar-refractivity contribution < 1.29 is 14.3 Å². The smallest absolute Gasteiger partial charge is 0.257 e. The maximum atomic E-state index is 13.1. The van der Waals surface area contributed by atoms with E-state index in [1.54, 1.807) is 25.3 Å². The molecule has 1 atom stereocenters. The molecule has 3 fully saturated rings. The molecule has 5 nitrogen and oxygen atoms in total. The molecule has 1 saturated carbocycles. The van der Waals surface area contributed by atoms with Gasteiger partial charge in [-0.05, 0) is 62.6 Å². The van der Waals surface area contributed by atoms with Gasteiger partial charge >= 0.3 is 0 Å². The maximum Gasteiger partial charge on any atom is 0.257 e. The number of likely N-dealkylation sites (tertiary alicyclic amines) is 2. The van der Waals surface area contributed by atoms with Crippen LogP contribution in [0.4, 0.5) is 0 Å². The summed E-state index contributed by atoms with van der Waals surface area (Å²) in [6, 6.07) is 5.57. The van der Waals surface area contributed by atoms with Gasteiger partial charge < -0.3 is 14.5 Å². The zero-order chi connectivity index (χ0) is 19.7. The number of rotatable bonds is 4. The molecule has 0 aromatic heterocycles. The summed E-state index contributed by atoms with van der Waals surface area (Å²) in [7, 11) is 1.56. The standard InChI is InChI=1S/C22H29ClN2O3/c1-28-20-8-7-17(23)14-18(20)22(27)24-12-9-16(10-13-24)21(26)25-11-3-6-19(25)15-4-2-5-15/h7-8,14-16,19H,2-6,9-13H2,1H3. The van der Waals surface area contributed by atoms with E-state index in [1.165, 1.54) is 25.7 Å². The number of methoxy groups -OCH3 is 1. The highest BCUT2D eigenvalue weighted by Gasteiger charge is 2.40. The Hall–Kier alpha value is -1.75. The molecule has 0 spiro atoms. The zero-order valence-corrected chi connectivity index (χ0v) is 17.3. The lowest BCUT2D eigenvalue weighted by molar-refractivity contribution is -0.139. The van der Waals surface area contributed by atoms with Crippen LogP contribution in [0.25, 0.3) is 0 Å². The Bertz CT molecular complexity index is 741. The van der Waals surface area contributed by atoms with E-state index >= 15 is 0 Å². The molecular weight excluding hydrogens is 376 g/mol. The lowest BCUT2D eigenvalue weighted by Crippen LogP contribution is -2.48. The van der Waals surface area contributed by atoms with Crippen LogP contribution in [0.1, 0.15) is 55.3 Å². The summed E-state index contributed by atoms with van der Waals surface area (Å²) in [5, 5.41) is 0.519. The number of carbonyl (C=O) groups is 2. The third-order valence-corrected chi connectivity index (χ3v) is 7.03. The van der Waals surface area contributed by atoms with Crippen LogP contribution in [0.15, 0.2) is 18.2 Å². The predicted octanol–water partition coefficient (Wildman–Crippen LogP) is 3.99. The summed E-state index contributed by atoms with van der Waals surface area (Å²) < 4.78 is 5.32. The van der Waals surface area contributed by atoms with Gasteiger partial charge in [0, 0.05) is 36.6 Å². The van der Waals surface area contributed by atoms with Crippen LogP contribution in [0.5, 0.6) is 5.75 Å². The second-order valence-corrected chi connectivity index (χ2v) is 8.78. The summed E-state index contributed by atoms with van der Waals surface area (Å²) in [6.07, 6.45) is 7.66. The van der Waals surface area contributed by atoms with Crippen molar-refractivity contribution in [1.29, 1.82) is 0 Å². The molecule has 152 valence electrons. The van der Waals surface area contributed by atoms with Gasteiger partial charge in [-0.15, -0.1) is 0 Å². The number of halogens is 1. The van der Waals surface area contributed by atoms with Gasteiger partial charge in [-0.25, -0.2) is 0 Å². The largest absolute Gasteiger partial charge is 0.496 e. The summed E-state index contributed by atoms with van der Waals surface area (Å²) in [5.41, 5.74) is 0.490. The average molecular weight is 405 g/mol. The molecule has 0 bridgehead atoms. The molecule has 1 aromatic rings. The number of benzene rings is 1. The number of ether oxygens (including phenoxy) is 1. The first-order valence-electron chi connectivity index (χ1n) is 10.5. The molecule has 2 heterocycles. The molecule has 2 saturated heterocycles. The quantitative estimate of drug-likeness (QED) is 0.762. The van der Waals surface area contributed by atoms with E-state index in [4.69, 9.17) is 16.3 Å². The Morgan fingerprint density at radius 1 is 1.04 bits per heavy atom. The first-order valence-corrected chi connectivity index (χ1v) is 10.9. The van der Waals surface area contributed by atoms with Crippen molar-refractivity contribution in [3.8, 4) is 5.75 Å². The fourth-order valence-electron chi connectivity index (χ4n) is 4.96. The van der Waals surface area contributed by atoms with Crippen molar-refractivity contribution in [3.05, 3.63) is 28.8 Å². The number of nitrogens with zero attached hydrogens (tertiary/aromatic N) is 2. The van der Waals surface area contributed by atoms with Crippen molar-refractivity contribution in [2.45, 2.75) is 51.0 Å². The average Bonchev–Trinajstić information content (AvgIpc) is 3.14. The van der Waals surface area contributed by atoms with Gasteiger partial charge in [-0.2, -0.15) is 0 Å². The van der Waals surface area contributed by atoms with Gasteiger partial charge in [0.25, 0.3) is 5.91 Å². The van der Waals surface area contributed by atoms with E-state index in [-0.39, 0.29) is 11.8 Å². The fourth-order valence-corrected chi connectivity index (χ4v) is 5.13. The normalized spacial score (nSPS) is 23.6. The highest BCUT2D eigenvalue weighted by atomic mass is 35.5. The van der Waals surface area contributed by atoms with Gasteiger partial charge in [0.2, 0.25) is 5.91 Å². The SMILES string of the molecule is COc1ccc(Cl)cc1C(=O)N1CCC(C(=O)N2CCCC2C2CCC2)CC1. The van der Waals surface area contributed by atoms with Gasteiger partial charge in [-0.1, -0.05) is 18.0 Å². The summed E-state index contributed by atoms with van der Waals surface area (Å²) in [6.45, 7) is 2.12. The van der Waals surface area contributed by atoms with Crippen LogP contribution in [0.3, 0.4) is 0 Å². The monoisotopic (exact) mass is 404 g/mol. The van der Waals surface area contributed by atoms with Gasteiger partial charge in [0.1, 0.15) is 5.75 Å². The number of carbonyl (C=O) groups excluding carboxylic acids is 2. The van der Waals surface area contributed by atoms with E-state index in [1.807, 2.05) is 4.90 Å². The predicted molar refractivity (Wildman–Crippen MR) is 109 cm³/mol. The molecule has 1 unspecified atom stereocenters. The molecule has 2 amide bonds. The van der Waals surface area contributed by atoms with Crippen molar-refractivity contribution in [1.82, 2.24) is 9.80 Å². The highest BCUT2D eigenvalue weighted by molar-refractivity contribution is 6.31.